The van der Waals surface area contributed by atoms with Gasteiger partial charge in [0.05, 0.1) is 11.3 Å². The van der Waals surface area contributed by atoms with Crippen molar-refractivity contribution < 1.29 is 4.39 Å². The summed E-state index contributed by atoms with van der Waals surface area (Å²) in [6.07, 6.45) is 0. The second kappa shape index (κ2) is 5.14. The van der Waals surface area contributed by atoms with E-state index in [0.29, 0.717) is 5.69 Å². The molecule has 0 heterocycles. The third-order valence-electron chi connectivity index (χ3n) is 2.67. The van der Waals surface area contributed by atoms with E-state index in [-0.39, 0.29) is 10.6 Å². The van der Waals surface area contributed by atoms with Crippen molar-refractivity contribution in [3.05, 3.63) is 59.4 Å². The fourth-order valence-corrected chi connectivity index (χ4v) is 1.94. The molecule has 0 fully saturated rings. The van der Waals surface area contributed by atoms with Crippen LogP contribution in [0, 0.1) is 12.7 Å². The molecule has 0 radical (unpaired) electrons. The first-order valence-electron chi connectivity index (χ1n) is 5.50. The fraction of sp³-hybridized carbons (Fsp3) is 0.0714. The Hall–Kier alpha value is -1.94. The minimum absolute atomic E-state index is 0.0455. The molecule has 2 aromatic carbocycles. The zero-order valence-corrected chi connectivity index (χ0v) is 10.7. The van der Waals surface area contributed by atoms with Gasteiger partial charge in [0.2, 0.25) is 0 Å². The Balaban J connectivity index is 2.44. The molecule has 0 bridgehead atoms. The molecule has 18 heavy (non-hydrogen) atoms. The highest BCUT2D eigenvalue weighted by atomic mass is 32.1. The van der Waals surface area contributed by atoms with Crippen molar-refractivity contribution in [1.29, 1.82) is 0 Å². The van der Waals surface area contributed by atoms with E-state index in [0.717, 1.165) is 11.3 Å². The Kier molecular flexibility index (Phi) is 3.58. The minimum Gasteiger partial charge on any atom is -0.389 e. The van der Waals surface area contributed by atoms with Gasteiger partial charge in [0.15, 0.2) is 0 Å². The number of anilines is 2. The van der Waals surface area contributed by atoms with Crippen molar-refractivity contribution >= 4 is 28.6 Å². The van der Waals surface area contributed by atoms with Crippen LogP contribution in [0.4, 0.5) is 15.8 Å². The van der Waals surface area contributed by atoms with Crippen LogP contribution in [0.2, 0.25) is 0 Å². The lowest BCUT2D eigenvalue weighted by Gasteiger charge is -2.13. The molecule has 0 aliphatic carbocycles. The van der Waals surface area contributed by atoms with Crippen LogP contribution in [0.15, 0.2) is 42.5 Å². The number of rotatable bonds is 3. The highest BCUT2D eigenvalue weighted by Gasteiger charge is 2.11. The van der Waals surface area contributed by atoms with Crippen LogP contribution in [0.3, 0.4) is 0 Å². The van der Waals surface area contributed by atoms with E-state index in [1.54, 1.807) is 12.1 Å². The Morgan fingerprint density at radius 2 is 1.78 bits per heavy atom. The standard InChI is InChI=1S/C14H13FN2S/c1-9-5-2-3-7-11(9)17-12-8-4-6-10(15)13(12)14(16)18/h2-8,17H,1H3,(H2,16,18). The van der Waals surface area contributed by atoms with Gasteiger partial charge >= 0.3 is 0 Å². The maximum absolute atomic E-state index is 13.7. The summed E-state index contributed by atoms with van der Waals surface area (Å²) in [6, 6.07) is 12.5. The SMILES string of the molecule is Cc1ccccc1Nc1cccc(F)c1C(N)=S. The Labute approximate surface area is 111 Å². The number of para-hydroxylation sites is 1. The molecule has 0 aliphatic rings. The first-order valence-corrected chi connectivity index (χ1v) is 5.91. The Morgan fingerprint density at radius 1 is 1.11 bits per heavy atom. The first kappa shape index (κ1) is 12.5. The van der Waals surface area contributed by atoms with E-state index in [1.165, 1.54) is 6.07 Å². The van der Waals surface area contributed by atoms with Crippen LogP contribution in [-0.2, 0) is 0 Å². The van der Waals surface area contributed by atoms with Gasteiger partial charge in [-0.2, -0.15) is 0 Å². The van der Waals surface area contributed by atoms with Gasteiger partial charge in [-0.3, -0.25) is 0 Å². The Bertz CT molecular complexity index is 596. The number of nitrogens with two attached hydrogens (primary N) is 1. The van der Waals surface area contributed by atoms with Crippen molar-refractivity contribution in [2.45, 2.75) is 6.92 Å². The van der Waals surface area contributed by atoms with E-state index in [4.69, 9.17) is 18.0 Å². The summed E-state index contributed by atoms with van der Waals surface area (Å²) in [6.45, 7) is 1.97. The van der Waals surface area contributed by atoms with Crippen LogP contribution < -0.4 is 11.1 Å². The quantitative estimate of drug-likeness (QED) is 0.829. The number of hydrogen-bond acceptors (Lipinski definition) is 2. The van der Waals surface area contributed by atoms with Crippen LogP contribution in [0.1, 0.15) is 11.1 Å². The highest BCUT2D eigenvalue weighted by Crippen LogP contribution is 2.25. The Morgan fingerprint density at radius 3 is 2.44 bits per heavy atom. The maximum atomic E-state index is 13.7. The smallest absolute Gasteiger partial charge is 0.135 e. The van der Waals surface area contributed by atoms with E-state index in [9.17, 15) is 4.39 Å². The number of nitrogens with one attached hydrogen (secondary N) is 1. The molecule has 0 amide bonds. The van der Waals surface area contributed by atoms with Crippen LogP contribution in [0.25, 0.3) is 0 Å². The second-order valence-corrected chi connectivity index (χ2v) is 4.41. The number of aryl methyl sites for hydroxylation is 1. The molecular weight excluding hydrogens is 247 g/mol. The van der Waals surface area contributed by atoms with Crippen molar-refractivity contribution in [1.82, 2.24) is 0 Å². The zero-order valence-electron chi connectivity index (χ0n) is 9.91. The zero-order chi connectivity index (χ0) is 13.1. The average molecular weight is 260 g/mol. The maximum Gasteiger partial charge on any atom is 0.135 e. The summed E-state index contributed by atoms with van der Waals surface area (Å²) in [4.78, 5) is 0.0455. The van der Waals surface area contributed by atoms with Gasteiger partial charge in [-0.05, 0) is 30.7 Å². The van der Waals surface area contributed by atoms with E-state index in [2.05, 4.69) is 5.32 Å². The van der Waals surface area contributed by atoms with E-state index < -0.39 is 5.82 Å². The van der Waals surface area contributed by atoms with Crippen LogP contribution >= 0.6 is 12.2 Å². The summed E-state index contributed by atoms with van der Waals surface area (Å²) in [5, 5.41) is 3.16. The molecule has 92 valence electrons. The van der Waals surface area contributed by atoms with Gasteiger partial charge < -0.3 is 11.1 Å². The fourth-order valence-electron chi connectivity index (χ4n) is 1.74. The van der Waals surface area contributed by atoms with Crippen LogP contribution in [-0.4, -0.2) is 4.99 Å². The number of hydrogen-bond donors (Lipinski definition) is 2. The first-order chi connectivity index (χ1) is 8.59. The molecule has 0 aliphatic heterocycles. The summed E-state index contributed by atoms with van der Waals surface area (Å²) in [7, 11) is 0. The summed E-state index contributed by atoms with van der Waals surface area (Å²) >= 11 is 4.88. The van der Waals surface area contributed by atoms with Crippen molar-refractivity contribution in [2.24, 2.45) is 5.73 Å². The van der Waals surface area contributed by atoms with Gasteiger partial charge in [0.1, 0.15) is 10.8 Å². The monoisotopic (exact) mass is 260 g/mol. The number of halogens is 1. The molecule has 3 N–H and O–H groups in total. The highest BCUT2D eigenvalue weighted by molar-refractivity contribution is 7.80. The molecule has 0 aromatic heterocycles. The van der Waals surface area contributed by atoms with E-state index in [1.807, 2.05) is 31.2 Å². The van der Waals surface area contributed by atoms with Gasteiger partial charge in [-0.15, -0.1) is 0 Å². The third kappa shape index (κ3) is 2.49. The normalized spacial score (nSPS) is 10.1. The van der Waals surface area contributed by atoms with Gasteiger partial charge in [-0.1, -0.05) is 36.5 Å². The summed E-state index contributed by atoms with van der Waals surface area (Å²) in [5.41, 5.74) is 8.35. The lowest BCUT2D eigenvalue weighted by Crippen LogP contribution is -2.14. The lowest BCUT2D eigenvalue weighted by molar-refractivity contribution is 0.626. The van der Waals surface area contributed by atoms with Crippen LogP contribution in [0.5, 0.6) is 0 Å². The van der Waals surface area contributed by atoms with Crippen molar-refractivity contribution in [3.8, 4) is 0 Å². The molecule has 0 unspecified atom stereocenters. The topological polar surface area (TPSA) is 38.0 Å². The second-order valence-electron chi connectivity index (χ2n) is 3.97. The molecule has 2 aromatic rings. The molecule has 0 saturated heterocycles. The number of benzene rings is 2. The lowest BCUT2D eigenvalue weighted by atomic mass is 10.1. The molecule has 2 nitrogen and oxygen atoms in total. The summed E-state index contributed by atoms with van der Waals surface area (Å²) < 4.78 is 13.7. The predicted molar refractivity (Wildman–Crippen MR) is 76.7 cm³/mol. The number of thiocarbonyl (C=S) groups is 1. The molecule has 0 spiro atoms. The van der Waals surface area contributed by atoms with Gasteiger partial charge in [0.25, 0.3) is 0 Å². The predicted octanol–water partition coefficient (Wildman–Crippen LogP) is 3.51. The molecule has 0 atom stereocenters. The summed E-state index contributed by atoms with van der Waals surface area (Å²) in [5.74, 6) is -0.416. The third-order valence-corrected chi connectivity index (χ3v) is 2.88. The molecule has 2 rings (SSSR count). The van der Waals surface area contributed by atoms with E-state index >= 15 is 0 Å². The van der Waals surface area contributed by atoms with Gasteiger partial charge in [-0.25, -0.2) is 4.39 Å². The molecule has 0 saturated carbocycles. The van der Waals surface area contributed by atoms with Crippen molar-refractivity contribution in [2.75, 3.05) is 5.32 Å². The van der Waals surface area contributed by atoms with Gasteiger partial charge in [0, 0.05) is 5.69 Å². The molecular formula is C14H13FN2S. The average Bonchev–Trinajstić information content (AvgIpc) is 2.31. The largest absolute Gasteiger partial charge is 0.389 e. The molecule has 4 heteroatoms. The van der Waals surface area contributed by atoms with Crippen molar-refractivity contribution in [3.63, 3.8) is 0 Å². The minimum atomic E-state index is -0.416.